The molecular formula is C20H21NO3. The number of morpholine rings is 1. The molecule has 4 nitrogen and oxygen atoms in total. The number of hydrogen-bond acceptors (Lipinski definition) is 3. The lowest BCUT2D eigenvalue weighted by Gasteiger charge is -2.25. The van der Waals surface area contributed by atoms with Crippen LogP contribution in [-0.2, 0) is 16.1 Å². The van der Waals surface area contributed by atoms with E-state index in [2.05, 4.69) is 0 Å². The summed E-state index contributed by atoms with van der Waals surface area (Å²) in [4.78, 5) is 13.9. The zero-order valence-corrected chi connectivity index (χ0v) is 13.6. The Labute approximate surface area is 142 Å². The molecule has 1 heterocycles. The van der Waals surface area contributed by atoms with E-state index in [1.54, 1.807) is 11.0 Å². The minimum Gasteiger partial charge on any atom is -0.489 e. The first kappa shape index (κ1) is 16.3. The second-order valence-corrected chi connectivity index (χ2v) is 5.61. The largest absolute Gasteiger partial charge is 0.489 e. The van der Waals surface area contributed by atoms with Crippen molar-refractivity contribution in [1.29, 1.82) is 0 Å². The summed E-state index contributed by atoms with van der Waals surface area (Å²) in [5, 5.41) is 0. The molecule has 1 aliphatic heterocycles. The van der Waals surface area contributed by atoms with Gasteiger partial charge in [0.1, 0.15) is 12.4 Å². The second kappa shape index (κ2) is 8.31. The Hall–Kier alpha value is -2.59. The molecule has 3 rings (SSSR count). The highest BCUT2D eigenvalue weighted by Gasteiger charge is 2.13. The average Bonchev–Trinajstić information content (AvgIpc) is 2.67. The number of nitrogens with zero attached hydrogens (tertiary/aromatic N) is 1. The van der Waals surface area contributed by atoms with Gasteiger partial charge in [0.2, 0.25) is 5.91 Å². The van der Waals surface area contributed by atoms with Gasteiger partial charge in [-0.15, -0.1) is 0 Å². The maximum absolute atomic E-state index is 12.1. The van der Waals surface area contributed by atoms with Crippen molar-refractivity contribution in [3.8, 4) is 5.75 Å². The van der Waals surface area contributed by atoms with Crippen molar-refractivity contribution in [2.45, 2.75) is 6.61 Å². The normalized spacial score (nSPS) is 14.8. The molecule has 1 fully saturated rings. The highest BCUT2D eigenvalue weighted by Crippen LogP contribution is 2.15. The molecule has 4 heteroatoms. The summed E-state index contributed by atoms with van der Waals surface area (Å²) < 4.78 is 11.0. The third-order valence-electron chi connectivity index (χ3n) is 3.87. The minimum absolute atomic E-state index is 0.0303. The molecule has 0 bridgehead atoms. The number of benzene rings is 2. The van der Waals surface area contributed by atoms with Crippen LogP contribution in [0.3, 0.4) is 0 Å². The fourth-order valence-electron chi connectivity index (χ4n) is 2.47. The molecule has 124 valence electrons. The van der Waals surface area contributed by atoms with Gasteiger partial charge in [-0.25, -0.2) is 0 Å². The zero-order chi connectivity index (χ0) is 16.6. The molecule has 0 N–H and O–H groups in total. The van der Waals surface area contributed by atoms with Crippen LogP contribution in [0.1, 0.15) is 11.1 Å². The van der Waals surface area contributed by atoms with Gasteiger partial charge in [-0.05, 0) is 29.3 Å². The smallest absolute Gasteiger partial charge is 0.246 e. The quantitative estimate of drug-likeness (QED) is 0.794. The molecular weight excluding hydrogens is 302 g/mol. The summed E-state index contributed by atoms with van der Waals surface area (Å²) in [5.41, 5.74) is 2.11. The van der Waals surface area contributed by atoms with Gasteiger partial charge >= 0.3 is 0 Å². The number of carbonyl (C=O) groups excluding carboxylic acids is 1. The molecule has 0 saturated carbocycles. The van der Waals surface area contributed by atoms with Gasteiger partial charge in [0.25, 0.3) is 0 Å². The monoisotopic (exact) mass is 323 g/mol. The van der Waals surface area contributed by atoms with Gasteiger partial charge in [0.05, 0.1) is 13.2 Å². The molecule has 0 atom stereocenters. The number of hydrogen-bond donors (Lipinski definition) is 0. The van der Waals surface area contributed by atoms with E-state index in [0.29, 0.717) is 32.9 Å². The van der Waals surface area contributed by atoms with Gasteiger partial charge in [0, 0.05) is 19.2 Å². The van der Waals surface area contributed by atoms with Gasteiger partial charge in [-0.1, -0.05) is 42.5 Å². The third kappa shape index (κ3) is 4.70. The molecule has 0 unspecified atom stereocenters. The summed E-state index contributed by atoms with van der Waals surface area (Å²) >= 11 is 0. The Morgan fingerprint density at radius 3 is 2.46 bits per heavy atom. The maximum Gasteiger partial charge on any atom is 0.246 e. The van der Waals surface area contributed by atoms with Crippen LogP contribution in [0, 0.1) is 0 Å². The van der Waals surface area contributed by atoms with E-state index in [-0.39, 0.29) is 5.91 Å². The molecule has 1 saturated heterocycles. The number of rotatable bonds is 5. The van der Waals surface area contributed by atoms with Crippen molar-refractivity contribution >= 4 is 12.0 Å². The maximum atomic E-state index is 12.1. The van der Waals surface area contributed by atoms with E-state index >= 15 is 0 Å². The number of carbonyl (C=O) groups is 1. The summed E-state index contributed by atoms with van der Waals surface area (Å²) in [5.74, 6) is 0.846. The van der Waals surface area contributed by atoms with Gasteiger partial charge in [-0.2, -0.15) is 0 Å². The Bertz CT molecular complexity index is 674. The number of ether oxygens (including phenoxy) is 2. The SMILES string of the molecule is O=C(C=Cc1ccc(OCc2ccccc2)cc1)N1CCOCC1. The topological polar surface area (TPSA) is 38.8 Å². The molecule has 2 aromatic carbocycles. The van der Waals surface area contributed by atoms with Crippen molar-refractivity contribution in [3.63, 3.8) is 0 Å². The van der Waals surface area contributed by atoms with Crippen molar-refractivity contribution in [3.05, 3.63) is 71.8 Å². The van der Waals surface area contributed by atoms with E-state index in [9.17, 15) is 4.79 Å². The van der Waals surface area contributed by atoms with Crippen LogP contribution in [0.2, 0.25) is 0 Å². The standard InChI is InChI=1S/C20H21NO3/c22-20(21-12-14-23-15-13-21)11-8-17-6-9-19(10-7-17)24-16-18-4-2-1-3-5-18/h1-11H,12-16H2. The summed E-state index contributed by atoms with van der Waals surface area (Å²) in [6.45, 7) is 3.11. The minimum atomic E-state index is 0.0303. The summed E-state index contributed by atoms with van der Waals surface area (Å²) in [6.07, 6.45) is 3.45. The first-order chi connectivity index (χ1) is 11.8. The average molecular weight is 323 g/mol. The summed E-state index contributed by atoms with van der Waals surface area (Å²) in [6, 6.07) is 17.8. The molecule has 1 amide bonds. The van der Waals surface area contributed by atoms with Gasteiger partial charge in [0.15, 0.2) is 0 Å². The molecule has 1 aliphatic rings. The van der Waals surface area contributed by atoms with Crippen molar-refractivity contribution in [2.75, 3.05) is 26.3 Å². The van der Waals surface area contributed by atoms with Gasteiger partial charge < -0.3 is 14.4 Å². The molecule has 0 aliphatic carbocycles. The van der Waals surface area contributed by atoms with Crippen molar-refractivity contribution < 1.29 is 14.3 Å². The van der Waals surface area contributed by atoms with E-state index in [0.717, 1.165) is 16.9 Å². The predicted octanol–water partition coefficient (Wildman–Crippen LogP) is 3.14. The first-order valence-electron chi connectivity index (χ1n) is 8.13. The second-order valence-electron chi connectivity index (χ2n) is 5.61. The molecule has 24 heavy (non-hydrogen) atoms. The van der Waals surface area contributed by atoms with E-state index in [4.69, 9.17) is 9.47 Å². The van der Waals surface area contributed by atoms with Crippen molar-refractivity contribution in [1.82, 2.24) is 4.90 Å². The predicted molar refractivity (Wildman–Crippen MR) is 93.6 cm³/mol. The Morgan fingerprint density at radius 2 is 1.75 bits per heavy atom. The Kier molecular flexibility index (Phi) is 5.64. The van der Waals surface area contributed by atoms with Crippen LogP contribution in [0.4, 0.5) is 0 Å². The molecule has 2 aromatic rings. The molecule has 0 aromatic heterocycles. The first-order valence-corrected chi connectivity index (χ1v) is 8.13. The Morgan fingerprint density at radius 1 is 1.04 bits per heavy atom. The molecule has 0 radical (unpaired) electrons. The lowest BCUT2D eigenvalue weighted by molar-refractivity contribution is -0.129. The summed E-state index contributed by atoms with van der Waals surface area (Å²) in [7, 11) is 0. The highest BCUT2D eigenvalue weighted by molar-refractivity contribution is 5.91. The van der Waals surface area contributed by atoms with Crippen LogP contribution >= 0.6 is 0 Å². The zero-order valence-electron chi connectivity index (χ0n) is 13.6. The van der Waals surface area contributed by atoms with Crippen LogP contribution in [0.25, 0.3) is 6.08 Å². The van der Waals surface area contributed by atoms with E-state index < -0.39 is 0 Å². The Balaban J connectivity index is 1.52. The third-order valence-corrected chi connectivity index (χ3v) is 3.87. The fourth-order valence-corrected chi connectivity index (χ4v) is 2.47. The highest BCUT2D eigenvalue weighted by atomic mass is 16.5. The van der Waals surface area contributed by atoms with Crippen LogP contribution in [0.15, 0.2) is 60.7 Å². The van der Waals surface area contributed by atoms with Crippen LogP contribution < -0.4 is 4.74 Å². The van der Waals surface area contributed by atoms with Crippen LogP contribution in [0.5, 0.6) is 5.75 Å². The van der Waals surface area contributed by atoms with Crippen LogP contribution in [-0.4, -0.2) is 37.1 Å². The number of amides is 1. The van der Waals surface area contributed by atoms with Crippen molar-refractivity contribution in [2.24, 2.45) is 0 Å². The van der Waals surface area contributed by atoms with Gasteiger partial charge in [-0.3, -0.25) is 4.79 Å². The molecule has 0 spiro atoms. The lowest BCUT2D eigenvalue weighted by Crippen LogP contribution is -2.39. The van der Waals surface area contributed by atoms with E-state index in [1.165, 1.54) is 0 Å². The fraction of sp³-hybridized carbons (Fsp3) is 0.250. The lowest BCUT2D eigenvalue weighted by atomic mass is 10.2. The van der Waals surface area contributed by atoms with E-state index in [1.807, 2.05) is 60.7 Å².